The summed E-state index contributed by atoms with van der Waals surface area (Å²) in [6.45, 7) is 12.4. The highest BCUT2D eigenvalue weighted by atomic mass is 28.3. The molecule has 0 saturated carbocycles. The summed E-state index contributed by atoms with van der Waals surface area (Å²) >= 11 is 0. The molecule has 1 atom stereocenters. The van der Waals surface area contributed by atoms with E-state index in [1.54, 1.807) is 20.8 Å². The van der Waals surface area contributed by atoms with Gasteiger partial charge in [0.2, 0.25) is 0 Å². The smallest absolute Gasteiger partial charge is 0.408 e. The van der Waals surface area contributed by atoms with Crippen molar-refractivity contribution in [2.24, 2.45) is 0 Å². The molecule has 0 fully saturated rings. The van der Waals surface area contributed by atoms with Crippen molar-refractivity contribution in [3.8, 4) is 0 Å². The normalized spacial score (nSPS) is 15.9. The van der Waals surface area contributed by atoms with Crippen LogP contribution in [0.3, 0.4) is 0 Å². The lowest BCUT2D eigenvalue weighted by molar-refractivity contribution is -0.141. The Kier molecular flexibility index (Phi) is 4.39. The van der Waals surface area contributed by atoms with Crippen molar-refractivity contribution in [2.45, 2.75) is 58.1 Å². The van der Waals surface area contributed by atoms with Gasteiger partial charge in [-0.05, 0) is 27.7 Å². The second-order valence-electron chi connectivity index (χ2n) is 6.31. The van der Waals surface area contributed by atoms with E-state index in [4.69, 9.17) is 4.74 Å². The summed E-state index contributed by atoms with van der Waals surface area (Å²) in [6.07, 6.45) is -0.690. The third kappa shape index (κ3) is 4.38. The van der Waals surface area contributed by atoms with Gasteiger partial charge in [-0.1, -0.05) is 19.6 Å². The predicted octanol–water partition coefficient (Wildman–Crippen LogP) is 2.23. The van der Waals surface area contributed by atoms with Gasteiger partial charge in [0.05, 0.1) is 8.07 Å². The molecule has 0 rings (SSSR count). The van der Waals surface area contributed by atoms with Crippen LogP contribution in [0, 0.1) is 0 Å². The van der Waals surface area contributed by atoms with Crippen molar-refractivity contribution < 1.29 is 19.4 Å². The Morgan fingerprint density at radius 3 is 1.76 bits per heavy atom. The average Bonchev–Trinajstić information content (AvgIpc) is 1.96. The van der Waals surface area contributed by atoms with Crippen molar-refractivity contribution in [1.29, 1.82) is 0 Å². The number of carbonyl (C=O) groups is 2. The van der Waals surface area contributed by atoms with Crippen LogP contribution < -0.4 is 5.32 Å². The molecule has 0 aliphatic carbocycles. The molecule has 0 aliphatic rings. The van der Waals surface area contributed by atoms with Crippen molar-refractivity contribution in [3.05, 3.63) is 0 Å². The van der Waals surface area contributed by atoms with E-state index in [1.807, 2.05) is 19.6 Å². The minimum absolute atomic E-state index is 0.636. The van der Waals surface area contributed by atoms with Gasteiger partial charge in [0.25, 0.3) is 0 Å². The van der Waals surface area contributed by atoms with Crippen LogP contribution in [-0.2, 0) is 9.53 Å². The number of aliphatic carboxylic acids is 1. The van der Waals surface area contributed by atoms with Gasteiger partial charge in [0.1, 0.15) is 10.8 Å². The van der Waals surface area contributed by atoms with Gasteiger partial charge in [0, 0.05) is 0 Å². The first-order chi connectivity index (χ1) is 7.29. The van der Waals surface area contributed by atoms with Gasteiger partial charge in [-0.2, -0.15) is 0 Å². The Morgan fingerprint density at radius 2 is 1.53 bits per heavy atom. The molecule has 0 heterocycles. The molecule has 0 aromatic carbocycles. The molecule has 0 aliphatic heterocycles. The highest BCUT2D eigenvalue weighted by Gasteiger charge is 2.47. The maximum atomic E-state index is 11.7. The Labute approximate surface area is 104 Å². The maximum absolute atomic E-state index is 11.7. The first kappa shape index (κ1) is 16.0. The highest BCUT2D eigenvalue weighted by molar-refractivity contribution is 6.82. The molecular weight excluding hydrogens is 238 g/mol. The van der Waals surface area contributed by atoms with E-state index in [0.717, 1.165) is 0 Å². The van der Waals surface area contributed by atoms with E-state index >= 15 is 0 Å². The van der Waals surface area contributed by atoms with E-state index in [0.29, 0.717) is 0 Å². The number of ether oxygens (including phenoxy) is 1. The molecule has 6 heteroatoms. The molecular formula is C11H23NO4Si. The third-order valence-electron chi connectivity index (χ3n) is 2.68. The fourth-order valence-electron chi connectivity index (χ4n) is 1.07. The SMILES string of the molecule is CC(C)(C)OC(=O)N[C@@](C)(C(=O)O)[Si](C)(C)C. The molecule has 0 radical (unpaired) electrons. The molecule has 0 saturated heterocycles. The van der Waals surface area contributed by atoms with Gasteiger partial charge in [-0.15, -0.1) is 0 Å². The summed E-state index contributed by atoms with van der Waals surface area (Å²) < 4.78 is 5.09. The van der Waals surface area contributed by atoms with Crippen molar-refractivity contribution in [2.75, 3.05) is 0 Å². The number of hydrogen-bond donors (Lipinski definition) is 2. The van der Waals surface area contributed by atoms with Crippen molar-refractivity contribution in [1.82, 2.24) is 5.32 Å². The molecule has 17 heavy (non-hydrogen) atoms. The number of amides is 1. The summed E-state index contributed by atoms with van der Waals surface area (Å²) in [7, 11) is -2.12. The Balaban J connectivity index is 4.93. The Hall–Kier alpha value is -1.04. The van der Waals surface area contributed by atoms with Crippen LogP contribution in [0.2, 0.25) is 19.6 Å². The van der Waals surface area contributed by atoms with Crippen molar-refractivity contribution in [3.63, 3.8) is 0 Å². The van der Waals surface area contributed by atoms with E-state index in [9.17, 15) is 14.7 Å². The lowest BCUT2D eigenvalue weighted by Crippen LogP contribution is -2.66. The zero-order valence-electron chi connectivity index (χ0n) is 11.7. The molecule has 0 bridgehead atoms. The zero-order chi connectivity index (χ0) is 14.1. The van der Waals surface area contributed by atoms with Crippen LogP contribution in [0.25, 0.3) is 0 Å². The largest absolute Gasteiger partial charge is 0.480 e. The number of alkyl carbamates (subject to hydrolysis) is 1. The average molecular weight is 261 g/mol. The molecule has 0 aromatic heterocycles. The Morgan fingerprint density at radius 1 is 1.12 bits per heavy atom. The van der Waals surface area contributed by atoms with E-state index in [2.05, 4.69) is 5.32 Å². The minimum atomic E-state index is -2.12. The summed E-state index contributed by atoms with van der Waals surface area (Å²) in [5, 5.41) is 10.5. The van der Waals surface area contributed by atoms with Gasteiger partial charge >= 0.3 is 12.1 Å². The topological polar surface area (TPSA) is 75.6 Å². The first-order valence-electron chi connectivity index (χ1n) is 5.54. The van der Waals surface area contributed by atoms with Gasteiger partial charge in [-0.3, -0.25) is 4.79 Å². The van der Waals surface area contributed by atoms with Crippen LogP contribution in [0.15, 0.2) is 0 Å². The molecule has 1 amide bonds. The van der Waals surface area contributed by atoms with Crippen LogP contribution in [0.5, 0.6) is 0 Å². The van der Waals surface area contributed by atoms with Crippen molar-refractivity contribution >= 4 is 20.1 Å². The van der Waals surface area contributed by atoms with Gasteiger partial charge in [0.15, 0.2) is 0 Å². The van der Waals surface area contributed by atoms with Crippen LogP contribution in [0.4, 0.5) is 4.79 Å². The number of rotatable bonds is 3. The summed E-state index contributed by atoms with van der Waals surface area (Å²) in [5.41, 5.74) is -0.636. The van der Waals surface area contributed by atoms with Gasteiger partial charge in [-0.25, -0.2) is 4.79 Å². The van der Waals surface area contributed by atoms with E-state index < -0.39 is 30.9 Å². The van der Waals surface area contributed by atoms with Gasteiger partial charge < -0.3 is 15.2 Å². The molecule has 2 N–H and O–H groups in total. The maximum Gasteiger partial charge on any atom is 0.408 e. The van der Waals surface area contributed by atoms with E-state index in [1.165, 1.54) is 6.92 Å². The summed E-state index contributed by atoms with van der Waals surface area (Å²) in [4.78, 5) is 23.0. The number of carboxylic acids is 1. The second-order valence-corrected chi connectivity index (χ2v) is 11.8. The number of nitrogens with one attached hydrogen (secondary N) is 1. The first-order valence-corrected chi connectivity index (χ1v) is 9.04. The fourth-order valence-corrected chi connectivity index (χ4v) is 2.19. The highest BCUT2D eigenvalue weighted by Crippen LogP contribution is 2.21. The van der Waals surface area contributed by atoms with Crippen LogP contribution in [0.1, 0.15) is 27.7 Å². The lowest BCUT2D eigenvalue weighted by atomic mass is 10.2. The Bertz CT molecular complexity index is 316. The summed E-state index contributed by atoms with van der Waals surface area (Å²) in [5.74, 6) is -1.03. The zero-order valence-corrected chi connectivity index (χ0v) is 12.7. The van der Waals surface area contributed by atoms with Crippen LogP contribution >= 0.6 is 0 Å². The number of hydrogen-bond acceptors (Lipinski definition) is 3. The van der Waals surface area contributed by atoms with E-state index in [-0.39, 0.29) is 0 Å². The lowest BCUT2D eigenvalue weighted by Gasteiger charge is -2.37. The monoisotopic (exact) mass is 261 g/mol. The molecule has 0 unspecified atom stereocenters. The quantitative estimate of drug-likeness (QED) is 0.764. The molecule has 0 spiro atoms. The third-order valence-corrected chi connectivity index (χ3v) is 6.02. The molecule has 0 aromatic rings. The van der Waals surface area contributed by atoms with Crippen LogP contribution in [-0.4, -0.2) is 36.0 Å². The minimum Gasteiger partial charge on any atom is -0.480 e. The number of carboxylic acid groups (broad SMARTS) is 1. The summed E-state index contributed by atoms with van der Waals surface area (Å²) in [6, 6.07) is 0. The number of carbonyl (C=O) groups excluding carboxylic acids is 1. The fraction of sp³-hybridized carbons (Fsp3) is 0.818. The molecule has 100 valence electrons. The second kappa shape index (κ2) is 4.68. The molecule has 5 nitrogen and oxygen atoms in total. The predicted molar refractivity (Wildman–Crippen MR) is 68.8 cm³/mol. The standard InChI is InChI=1S/C11H23NO4Si/c1-10(2,3)16-9(15)12-11(4,8(13)14)17(5,6)7/h1-7H3,(H,12,15)(H,13,14)/t11-/m1/s1.